The Kier molecular flexibility index (Phi) is 10.0. The summed E-state index contributed by atoms with van der Waals surface area (Å²) in [6, 6.07) is 16.5. The Morgan fingerprint density at radius 2 is 1.71 bits per heavy atom. The highest BCUT2D eigenvalue weighted by Crippen LogP contribution is 2.36. The third-order valence-corrected chi connectivity index (χ3v) is 7.62. The number of nitrogens with zero attached hydrogens (tertiary/aromatic N) is 5. The predicted octanol–water partition coefficient (Wildman–Crippen LogP) is 4.48. The summed E-state index contributed by atoms with van der Waals surface area (Å²) in [5.74, 6) is -1.54. The summed E-state index contributed by atoms with van der Waals surface area (Å²) < 4.78 is 9.28. The van der Waals surface area contributed by atoms with E-state index in [1.807, 2.05) is 38.1 Å². The van der Waals surface area contributed by atoms with Gasteiger partial charge in [0, 0.05) is 36.8 Å². The molecule has 49 heavy (non-hydrogen) atoms. The first-order valence-corrected chi connectivity index (χ1v) is 15.3. The maximum atomic E-state index is 13.3. The van der Waals surface area contributed by atoms with E-state index in [1.165, 1.54) is 6.07 Å². The Bertz CT molecular complexity index is 2100. The highest BCUT2D eigenvalue weighted by atomic mass is 16.6. The summed E-state index contributed by atoms with van der Waals surface area (Å²) in [4.78, 5) is 53.0. The number of carbonyl (C=O) groups is 3. The third-order valence-electron chi connectivity index (χ3n) is 7.62. The van der Waals surface area contributed by atoms with Gasteiger partial charge in [0.25, 0.3) is 11.6 Å². The first kappa shape index (κ1) is 33.8. The number of allylic oxidation sites excluding steroid dienone is 1. The van der Waals surface area contributed by atoms with E-state index in [0.29, 0.717) is 29.0 Å². The lowest BCUT2D eigenvalue weighted by Gasteiger charge is -2.14. The lowest BCUT2D eigenvalue weighted by atomic mass is 10.1. The van der Waals surface area contributed by atoms with Crippen LogP contribution in [0.1, 0.15) is 54.9 Å². The third kappa shape index (κ3) is 7.73. The highest BCUT2D eigenvalue weighted by Gasteiger charge is 2.23. The SMILES string of the molecule is CCn1nc(C)cc1C(=O)Nc1nc2cc(C(N)=O)ccc2n1C/C=C/CNc1c(OCc2ccc(C)cc2)cc(C(N)=O)cc1[N+](=O)[O-]. The fourth-order valence-electron chi connectivity index (χ4n) is 5.15. The van der Waals surface area contributed by atoms with E-state index < -0.39 is 22.6 Å². The fraction of sp³-hybridized carbons (Fsp3) is 0.206. The van der Waals surface area contributed by atoms with Crippen LogP contribution in [0.3, 0.4) is 0 Å². The molecule has 5 rings (SSSR count). The van der Waals surface area contributed by atoms with Gasteiger partial charge in [0.05, 0.1) is 21.7 Å². The van der Waals surface area contributed by atoms with Crippen LogP contribution in [0.2, 0.25) is 0 Å². The molecule has 0 bridgehead atoms. The molecule has 3 amide bonds. The average molecular weight is 666 g/mol. The zero-order valence-electron chi connectivity index (χ0n) is 27.1. The Balaban J connectivity index is 1.39. The Morgan fingerprint density at radius 1 is 0.980 bits per heavy atom. The zero-order valence-corrected chi connectivity index (χ0v) is 27.1. The summed E-state index contributed by atoms with van der Waals surface area (Å²) in [6.45, 7) is 6.58. The van der Waals surface area contributed by atoms with Crippen LogP contribution in [-0.4, -0.2) is 48.5 Å². The molecule has 0 saturated carbocycles. The molecular formula is C34H35N9O6. The molecule has 15 heteroatoms. The van der Waals surface area contributed by atoms with Gasteiger partial charge in [-0.2, -0.15) is 5.10 Å². The number of primary amides is 2. The number of ether oxygens (including phenoxy) is 1. The molecule has 15 nitrogen and oxygen atoms in total. The van der Waals surface area contributed by atoms with Gasteiger partial charge in [-0.05, 0) is 56.7 Å². The van der Waals surface area contributed by atoms with Gasteiger partial charge in [-0.15, -0.1) is 0 Å². The number of carbonyl (C=O) groups excluding carboxylic acids is 3. The molecule has 0 saturated heterocycles. The average Bonchev–Trinajstić information content (AvgIpc) is 3.62. The molecule has 0 aliphatic heterocycles. The van der Waals surface area contributed by atoms with Crippen molar-refractivity contribution in [1.29, 1.82) is 0 Å². The van der Waals surface area contributed by atoms with Crippen LogP contribution in [0.5, 0.6) is 5.75 Å². The first-order valence-electron chi connectivity index (χ1n) is 15.3. The summed E-state index contributed by atoms with van der Waals surface area (Å²) in [5.41, 5.74) is 14.9. The Morgan fingerprint density at radius 3 is 2.39 bits per heavy atom. The minimum Gasteiger partial charge on any atom is -0.486 e. The monoisotopic (exact) mass is 665 g/mol. The molecular weight excluding hydrogens is 630 g/mol. The summed E-state index contributed by atoms with van der Waals surface area (Å²) in [7, 11) is 0. The number of imidazole rings is 1. The number of hydrogen-bond donors (Lipinski definition) is 4. The molecule has 3 aromatic carbocycles. The molecule has 6 N–H and O–H groups in total. The van der Waals surface area contributed by atoms with Crippen molar-refractivity contribution in [1.82, 2.24) is 19.3 Å². The standard InChI is InChI=1S/C34H35N9O6/c1-4-42-28(15-21(3)40-42)33(46)39-34-38-25-16-23(31(35)44)11-12-26(25)41(34)14-6-5-13-37-30-27(43(47)48)17-24(32(36)45)18-29(30)49-19-22-9-7-20(2)8-10-22/h5-12,15-18,37H,4,13-14,19H2,1-3H3,(H2,35,44)(H2,36,45)(H,38,39,46)/b6-5+. The van der Waals surface area contributed by atoms with Crippen LogP contribution in [0, 0.1) is 24.0 Å². The smallest absolute Gasteiger partial charge is 0.296 e. The van der Waals surface area contributed by atoms with Crippen molar-refractivity contribution in [2.24, 2.45) is 11.5 Å². The molecule has 2 heterocycles. The van der Waals surface area contributed by atoms with Crippen LogP contribution in [0.25, 0.3) is 11.0 Å². The first-order chi connectivity index (χ1) is 23.4. The van der Waals surface area contributed by atoms with Crippen molar-refractivity contribution in [2.45, 2.75) is 40.5 Å². The normalized spacial score (nSPS) is 11.2. The molecule has 0 radical (unpaired) electrons. The van der Waals surface area contributed by atoms with E-state index in [-0.39, 0.29) is 53.9 Å². The highest BCUT2D eigenvalue weighted by molar-refractivity contribution is 6.03. The van der Waals surface area contributed by atoms with E-state index in [1.54, 1.807) is 52.6 Å². The lowest BCUT2D eigenvalue weighted by molar-refractivity contribution is -0.384. The number of amides is 3. The van der Waals surface area contributed by atoms with E-state index in [2.05, 4.69) is 20.7 Å². The van der Waals surface area contributed by atoms with Crippen LogP contribution < -0.4 is 26.8 Å². The van der Waals surface area contributed by atoms with Crippen LogP contribution in [-0.2, 0) is 19.7 Å². The van der Waals surface area contributed by atoms with Crippen molar-refractivity contribution >= 4 is 46.1 Å². The maximum Gasteiger partial charge on any atom is 0.296 e. The van der Waals surface area contributed by atoms with E-state index in [0.717, 1.165) is 17.2 Å². The number of aromatic nitrogens is 4. The second-order valence-electron chi connectivity index (χ2n) is 11.2. The number of nitro benzene ring substituents is 1. The zero-order chi connectivity index (χ0) is 35.2. The molecule has 252 valence electrons. The summed E-state index contributed by atoms with van der Waals surface area (Å²) in [6.07, 6.45) is 3.52. The van der Waals surface area contributed by atoms with Crippen LogP contribution in [0.15, 0.2) is 72.8 Å². The molecule has 5 aromatic rings. The molecule has 2 aromatic heterocycles. The minimum absolute atomic E-state index is 0.0649. The van der Waals surface area contributed by atoms with Crippen LogP contribution >= 0.6 is 0 Å². The van der Waals surface area contributed by atoms with Gasteiger partial charge in [0.1, 0.15) is 12.3 Å². The van der Waals surface area contributed by atoms with Gasteiger partial charge in [-0.25, -0.2) is 4.98 Å². The van der Waals surface area contributed by atoms with Gasteiger partial charge in [-0.3, -0.25) is 34.5 Å². The number of nitro groups is 1. The van der Waals surface area contributed by atoms with E-state index in [4.69, 9.17) is 16.2 Å². The van der Waals surface area contributed by atoms with Crippen molar-refractivity contribution in [2.75, 3.05) is 17.2 Å². The Hall–Kier alpha value is -6.51. The van der Waals surface area contributed by atoms with Gasteiger partial charge in [0.2, 0.25) is 17.8 Å². The van der Waals surface area contributed by atoms with Crippen LogP contribution in [0.4, 0.5) is 17.3 Å². The van der Waals surface area contributed by atoms with Gasteiger partial charge >= 0.3 is 0 Å². The van der Waals surface area contributed by atoms with E-state index >= 15 is 0 Å². The van der Waals surface area contributed by atoms with Gasteiger partial charge in [0.15, 0.2) is 11.4 Å². The number of nitrogens with one attached hydrogen (secondary N) is 2. The number of hydrogen-bond acceptors (Lipinski definition) is 9. The van der Waals surface area contributed by atoms with Gasteiger partial charge in [-0.1, -0.05) is 42.0 Å². The minimum atomic E-state index is -0.831. The summed E-state index contributed by atoms with van der Waals surface area (Å²) in [5, 5.41) is 22.2. The molecule has 0 aliphatic carbocycles. The van der Waals surface area contributed by atoms with Crippen molar-refractivity contribution in [3.63, 3.8) is 0 Å². The van der Waals surface area contributed by atoms with Crippen molar-refractivity contribution in [3.8, 4) is 5.75 Å². The topological polar surface area (TPSA) is 215 Å². The number of nitrogens with two attached hydrogens (primary N) is 2. The second-order valence-corrected chi connectivity index (χ2v) is 11.2. The van der Waals surface area contributed by atoms with E-state index in [9.17, 15) is 24.5 Å². The molecule has 0 fully saturated rings. The molecule has 0 aliphatic rings. The number of benzene rings is 3. The number of fused-ring (bicyclic) bond motifs is 1. The number of aryl methyl sites for hydroxylation is 3. The second kappa shape index (κ2) is 14.5. The number of rotatable bonds is 14. The molecule has 0 atom stereocenters. The predicted molar refractivity (Wildman–Crippen MR) is 184 cm³/mol. The quantitative estimate of drug-likeness (QED) is 0.0746. The summed E-state index contributed by atoms with van der Waals surface area (Å²) >= 11 is 0. The molecule has 0 spiro atoms. The molecule has 0 unspecified atom stereocenters. The largest absolute Gasteiger partial charge is 0.486 e. The van der Waals surface area contributed by atoms with Gasteiger partial charge < -0.3 is 26.1 Å². The maximum absolute atomic E-state index is 13.3. The van der Waals surface area contributed by atoms with Crippen molar-refractivity contribution in [3.05, 3.63) is 117 Å². The van der Waals surface area contributed by atoms with Crippen molar-refractivity contribution < 1.29 is 24.0 Å². The number of anilines is 2. The fourth-order valence-corrected chi connectivity index (χ4v) is 5.15. The lowest BCUT2D eigenvalue weighted by Crippen LogP contribution is -2.19. The Labute approximate surface area is 280 Å².